The number of rotatable bonds is 7. The first-order valence-corrected chi connectivity index (χ1v) is 7.25. The van der Waals surface area contributed by atoms with Crippen LogP contribution in [0, 0.1) is 0 Å². The van der Waals surface area contributed by atoms with Crippen molar-refractivity contribution in [1.82, 2.24) is 0 Å². The summed E-state index contributed by atoms with van der Waals surface area (Å²) >= 11 is 0. The average molecular weight is 303 g/mol. The minimum atomic E-state index is -1.18. The lowest BCUT2D eigenvalue weighted by atomic mass is 10.0. The van der Waals surface area contributed by atoms with Crippen molar-refractivity contribution in [2.45, 2.75) is 25.9 Å². The second-order valence-electron chi connectivity index (χ2n) is 5.29. The van der Waals surface area contributed by atoms with Gasteiger partial charge in [-0.15, -0.1) is 0 Å². The summed E-state index contributed by atoms with van der Waals surface area (Å²) in [5.41, 5.74) is -0.612. The van der Waals surface area contributed by atoms with Crippen molar-refractivity contribution in [3.05, 3.63) is 47.9 Å². The summed E-state index contributed by atoms with van der Waals surface area (Å²) in [6.45, 7) is 4.39. The highest BCUT2D eigenvalue weighted by molar-refractivity contribution is 5.83. The topological polar surface area (TPSA) is 75.2 Å². The molecule has 1 aromatic heterocycles. The smallest absolute Gasteiger partial charge is 0.139 e. The largest absolute Gasteiger partial charge is 0.507 e. The molecule has 22 heavy (non-hydrogen) atoms. The number of phenolic OH excluding ortho intramolecular Hbond substituents is 1. The zero-order chi connectivity index (χ0) is 16.0. The number of hydrogen-bond acceptors (Lipinski definition) is 5. The molecule has 1 unspecified atom stereocenters. The molecule has 1 aromatic carbocycles. The van der Waals surface area contributed by atoms with Crippen LogP contribution in [0.25, 0.3) is 0 Å². The minimum absolute atomic E-state index is 0.0926. The SMILES string of the molecule is CCCOc1ccc(C=NCC(C)(O)c2ccco2)c(O)c1. The molecule has 0 aliphatic carbocycles. The first kappa shape index (κ1) is 16.1. The van der Waals surface area contributed by atoms with Gasteiger partial charge in [0.2, 0.25) is 0 Å². The van der Waals surface area contributed by atoms with Crippen LogP contribution in [-0.2, 0) is 5.60 Å². The fraction of sp³-hybridized carbons (Fsp3) is 0.353. The Morgan fingerprint density at radius 2 is 2.18 bits per heavy atom. The van der Waals surface area contributed by atoms with Gasteiger partial charge >= 0.3 is 0 Å². The van der Waals surface area contributed by atoms with E-state index in [-0.39, 0.29) is 12.3 Å². The molecule has 0 aliphatic rings. The van der Waals surface area contributed by atoms with Gasteiger partial charge in [0, 0.05) is 17.8 Å². The minimum Gasteiger partial charge on any atom is -0.507 e. The summed E-state index contributed by atoms with van der Waals surface area (Å²) in [4.78, 5) is 4.19. The molecule has 1 heterocycles. The van der Waals surface area contributed by atoms with Gasteiger partial charge in [-0.1, -0.05) is 6.92 Å². The number of nitrogens with zero attached hydrogens (tertiary/aromatic N) is 1. The Morgan fingerprint density at radius 3 is 2.82 bits per heavy atom. The summed E-state index contributed by atoms with van der Waals surface area (Å²) in [5.74, 6) is 1.17. The number of benzene rings is 1. The van der Waals surface area contributed by atoms with Gasteiger partial charge in [-0.3, -0.25) is 4.99 Å². The Hall–Kier alpha value is -2.27. The van der Waals surface area contributed by atoms with Crippen LogP contribution >= 0.6 is 0 Å². The number of aliphatic hydroxyl groups is 1. The second kappa shape index (κ2) is 7.13. The molecular weight excluding hydrogens is 282 g/mol. The summed E-state index contributed by atoms with van der Waals surface area (Å²) < 4.78 is 10.6. The lowest BCUT2D eigenvalue weighted by Gasteiger charge is -2.17. The molecule has 0 saturated carbocycles. The normalized spacial score (nSPS) is 14.1. The standard InChI is InChI=1S/C17H21NO4/c1-3-8-21-14-7-6-13(15(19)10-14)11-18-12-17(2,20)16-5-4-9-22-16/h4-7,9-11,19-20H,3,8,12H2,1-2H3. The highest BCUT2D eigenvalue weighted by atomic mass is 16.5. The van der Waals surface area contributed by atoms with Gasteiger partial charge in [0.25, 0.3) is 0 Å². The van der Waals surface area contributed by atoms with Crippen molar-refractivity contribution in [3.63, 3.8) is 0 Å². The molecule has 2 N–H and O–H groups in total. The number of phenols is 1. The van der Waals surface area contributed by atoms with Crippen LogP contribution in [0.2, 0.25) is 0 Å². The van der Waals surface area contributed by atoms with E-state index in [1.807, 2.05) is 6.92 Å². The van der Waals surface area contributed by atoms with Crippen LogP contribution < -0.4 is 4.74 Å². The van der Waals surface area contributed by atoms with Crippen LogP contribution in [0.15, 0.2) is 46.0 Å². The Labute approximate surface area is 129 Å². The van der Waals surface area contributed by atoms with Gasteiger partial charge in [-0.05, 0) is 37.6 Å². The molecule has 1 atom stereocenters. The maximum Gasteiger partial charge on any atom is 0.139 e. The molecule has 0 saturated heterocycles. The van der Waals surface area contributed by atoms with E-state index in [1.165, 1.54) is 12.5 Å². The highest BCUT2D eigenvalue weighted by Crippen LogP contribution is 2.24. The number of furan rings is 1. The van der Waals surface area contributed by atoms with Gasteiger partial charge in [-0.25, -0.2) is 0 Å². The zero-order valence-corrected chi connectivity index (χ0v) is 12.8. The van der Waals surface area contributed by atoms with Crippen molar-refractivity contribution in [2.24, 2.45) is 4.99 Å². The Bertz CT molecular complexity index is 618. The molecule has 0 aliphatic heterocycles. The second-order valence-corrected chi connectivity index (χ2v) is 5.29. The van der Waals surface area contributed by atoms with Crippen molar-refractivity contribution >= 4 is 6.21 Å². The number of aliphatic imine (C=N–C) groups is 1. The van der Waals surface area contributed by atoms with E-state index >= 15 is 0 Å². The number of aromatic hydroxyl groups is 1. The van der Waals surface area contributed by atoms with E-state index < -0.39 is 5.60 Å². The molecule has 0 fully saturated rings. The van der Waals surface area contributed by atoms with Crippen molar-refractivity contribution in [3.8, 4) is 11.5 Å². The van der Waals surface area contributed by atoms with E-state index in [1.54, 1.807) is 37.3 Å². The zero-order valence-electron chi connectivity index (χ0n) is 12.8. The molecule has 5 nitrogen and oxygen atoms in total. The molecule has 2 rings (SSSR count). The highest BCUT2D eigenvalue weighted by Gasteiger charge is 2.25. The summed E-state index contributed by atoms with van der Waals surface area (Å²) in [5, 5.41) is 20.2. The Kier molecular flexibility index (Phi) is 5.22. The van der Waals surface area contributed by atoms with Crippen molar-refractivity contribution in [1.29, 1.82) is 0 Å². The number of hydrogen-bond donors (Lipinski definition) is 2. The van der Waals surface area contributed by atoms with Gasteiger partial charge < -0.3 is 19.4 Å². The van der Waals surface area contributed by atoms with E-state index in [2.05, 4.69) is 4.99 Å². The molecule has 0 radical (unpaired) electrons. The molecule has 0 amide bonds. The lowest BCUT2D eigenvalue weighted by molar-refractivity contribution is 0.0439. The fourth-order valence-corrected chi connectivity index (χ4v) is 1.93. The predicted molar refractivity (Wildman–Crippen MR) is 84.6 cm³/mol. The molecular formula is C17H21NO4. The van der Waals surface area contributed by atoms with Gasteiger partial charge in [0.1, 0.15) is 22.9 Å². The van der Waals surface area contributed by atoms with Crippen molar-refractivity contribution < 1.29 is 19.4 Å². The van der Waals surface area contributed by atoms with Gasteiger partial charge in [0.15, 0.2) is 0 Å². The van der Waals surface area contributed by atoms with E-state index in [0.717, 1.165) is 6.42 Å². The average Bonchev–Trinajstić information content (AvgIpc) is 3.02. The first-order chi connectivity index (χ1) is 10.5. The molecule has 2 aromatic rings. The molecule has 0 bridgehead atoms. The Morgan fingerprint density at radius 1 is 1.36 bits per heavy atom. The summed E-state index contributed by atoms with van der Waals surface area (Å²) in [6, 6.07) is 8.48. The van der Waals surface area contributed by atoms with Crippen LogP contribution in [0.3, 0.4) is 0 Å². The summed E-state index contributed by atoms with van der Waals surface area (Å²) in [6.07, 6.45) is 3.94. The summed E-state index contributed by atoms with van der Waals surface area (Å²) in [7, 11) is 0. The quantitative estimate of drug-likeness (QED) is 0.771. The molecule has 0 spiro atoms. The van der Waals surface area contributed by atoms with Gasteiger partial charge in [0.05, 0.1) is 19.4 Å². The Balaban J connectivity index is 2.01. The third kappa shape index (κ3) is 4.11. The van der Waals surface area contributed by atoms with Crippen LogP contribution in [-0.4, -0.2) is 29.6 Å². The molecule has 118 valence electrons. The monoisotopic (exact) mass is 303 g/mol. The van der Waals surface area contributed by atoms with E-state index in [4.69, 9.17) is 9.15 Å². The van der Waals surface area contributed by atoms with E-state index in [9.17, 15) is 10.2 Å². The maximum absolute atomic E-state index is 10.3. The predicted octanol–water partition coefficient (Wildman–Crippen LogP) is 3.10. The lowest BCUT2D eigenvalue weighted by Crippen LogP contribution is -2.24. The van der Waals surface area contributed by atoms with Crippen molar-refractivity contribution in [2.75, 3.05) is 13.2 Å². The van der Waals surface area contributed by atoms with Gasteiger partial charge in [-0.2, -0.15) is 0 Å². The number of ether oxygens (including phenoxy) is 1. The van der Waals surface area contributed by atoms with Crippen LogP contribution in [0.1, 0.15) is 31.6 Å². The van der Waals surface area contributed by atoms with Crippen LogP contribution in [0.4, 0.5) is 0 Å². The third-order valence-corrected chi connectivity index (χ3v) is 3.16. The van der Waals surface area contributed by atoms with E-state index in [0.29, 0.717) is 23.7 Å². The molecule has 5 heteroatoms. The maximum atomic E-state index is 10.3. The third-order valence-electron chi connectivity index (χ3n) is 3.16. The van der Waals surface area contributed by atoms with Crippen LogP contribution in [0.5, 0.6) is 11.5 Å². The first-order valence-electron chi connectivity index (χ1n) is 7.25. The fourth-order valence-electron chi connectivity index (χ4n) is 1.93.